The number of hydrogen-bond donors (Lipinski definition) is 1. The Morgan fingerprint density at radius 2 is 1.70 bits per heavy atom. The molecule has 20 heavy (non-hydrogen) atoms. The normalized spacial score (nSPS) is 17.5. The highest BCUT2D eigenvalue weighted by Crippen LogP contribution is 2.31. The SMILES string of the molecule is CC1(C)OC(=O)C(=Cc2cc(Br)cc(Br)c2N)C(=O)O1. The van der Waals surface area contributed by atoms with Gasteiger partial charge in [-0.25, -0.2) is 9.59 Å². The molecule has 1 aromatic rings. The molecule has 1 aromatic carbocycles. The van der Waals surface area contributed by atoms with E-state index in [-0.39, 0.29) is 5.57 Å². The number of rotatable bonds is 1. The molecule has 0 spiro atoms. The summed E-state index contributed by atoms with van der Waals surface area (Å²) in [6.07, 6.45) is 1.35. The number of benzene rings is 1. The zero-order chi connectivity index (χ0) is 15.1. The summed E-state index contributed by atoms with van der Waals surface area (Å²) in [4.78, 5) is 23.7. The number of ether oxygens (including phenoxy) is 2. The van der Waals surface area contributed by atoms with E-state index in [9.17, 15) is 9.59 Å². The fourth-order valence-corrected chi connectivity index (χ4v) is 2.92. The predicted octanol–water partition coefficient (Wildman–Crippen LogP) is 3.01. The minimum Gasteiger partial charge on any atom is -0.419 e. The predicted molar refractivity (Wildman–Crippen MR) is 80.5 cm³/mol. The van der Waals surface area contributed by atoms with Crippen LogP contribution in [0.3, 0.4) is 0 Å². The van der Waals surface area contributed by atoms with Crippen LogP contribution in [0.2, 0.25) is 0 Å². The van der Waals surface area contributed by atoms with E-state index >= 15 is 0 Å². The Balaban J connectivity index is 2.46. The molecule has 2 N–H and O–H groups in total. The van der Waals surface area contributed by atoms with Crippen LogP contribution in [0, 0.1) is 0 Å². The van der Waals surface area contributed by atoms with Crippen LogP contribution in [-0.4, -0.2) is 17.7 Å². The number of nitrogen functional groups attached to an aromatic ring is 1. The summed E-state index contributed by atoms with van der Waals surface area (Å²) in [7, 11) is 0. The number of cyclic esters (lactones) is 2. The van der Waals surface area contributed by atoms with Crippen molar-refractivity contribution in [3.8, 4) is 0 Å². The molecular formula is C13H11Br2NO4. The fraction of sp³-hybridized carbons (Fsp3) is 0.231. The molecule has 0 amide bonds. The van der Waals surface area contributed by atoms with Crippen LogP contribution >= 0.6 is 31.9 Å². The third kappa shape index (κ3) is 3.04. The molecule has 1 heterocycles. The molecule has 0 aliphatic carbocycles. The van der Waals surface area contributed by atoms with Gasteiger partial charge in [-0.15, -0.1) is 0 Å². The van der Waals surface area contributed by atoms with Gasteiger partial charge in [-0.3, -0.25) is 0 Å². The third-order valence-electron chi connectivity index (χ3n) is 2.54. The van der Waals surface area contributed by atoms with E-state index in [1.165, 1.54) is 19.9 Å². The number of carbonyl (C=O) groups excluding carboxylic acids is 2. The standard InChI is InChI=1S/C13H11Br2NO4/c1-13(2)19-11(17)8(12(18)20-13)4-6-3-7(14)5-9(15)10(6)16/h3-5H,16H2,1-2H3. The van der Waals surface area contributed by atoms with Gasteiger partial charge in [0.2, 0.25) is 0 Å². The average Bonchev–Trinajstić information content (AvgIpc) is 2.28. The van der Waals surface area contributed by atoms with E-state index < -0.39 is 17.7 Å². The molecule has 0 saturated carbocycles. The first-order chi connectivity index (χ1) is 9.19. The third-order valence-corrected chi connectivity index (χ3v) is 3.66. The van der Waals surface area contributed by atoms with Gasteiger partial charge in [-0.1, -0.05) is 15.9 Å². The lowest BCUT2D eigenvalue weighted by atomic mass is 10.1. The molecule has 0 aromatic heterocycles. The van der Waals surface area contributed by atoms with Crippen LogP contribution in [0.15, 0.2) is 26.7 Å². The number of nitrogens with two attached hydrogens (primary N) is 1. The molecule has 2 rings (SSSR count). The highest BCUT2D eigenvalue weighted by Gasteiger charge is 2.38. The largest absolute Gasteiger partial charge is 0.419 e. The molecule has 0 bridgehead atoms. The van der Waals surface area contributed by atoms with Gasteiger partial charge in [-0.2, -0.15) is 0 Å². The van der Waals surface area contributed by atoms with Crippen LogP contribution in [-0.2, 0) is 19.1 Å². The molecule has 1 fully saturated rings. The van der Waals surface area contributed by atoms with Crippen molar-refractivity contribution in [2.24, 2.45) is 0 Å². The Labute approximate surface area is 132 Å². The first-order valence-electron chi connectivity index (χ1n) is 5.62. The van der Waals surface area contributed by atoms with E-state index in [1.54, 1.807) is 12.1 Å². The Bertz CT molecular complexity index is 616. The topological polar surface area (TPSA) is 78.6 Å². The van der Waals surface area contributed by atoms with Crippen LogP contribution in [0.4, 0.5) is 5.69 Å². The van der Waals surface area contributed by atoms with E-state index in [1.807, 2.05) is 0 Å². The van der Waals surface area contributed by atoms with Crippen molar-refractivity contribution in [3.05, 3.63) is 32.2 Å². The number of anilines is 1. The van der Waals surface area contributed by atoms with E-state index in [0.29, 0.717) is 15.7 Å². The number of hydrogen-bond acceptors (Lipinski definition) is 5. The average molecular weight is 405 g/mol. The van der Waals surface area contributed by atoms with Crippen molar-refractivity contribution in [2.45, 2.75) is 19.6 Å². The second kappa shape index (κ2) is 5.21. The second-order valence-corrected chi connectivity index (χ2v) is 6.40. The van der Waals surface area contributed by atoms with Crippen LogP contribution in [0.5, 0.6) is 0 Å². The van der Waals surface area contributed by atoms with Gasteiger partial charge in [0.05, 0.1) is 5.69 Å². The Morgan fingerprint density at radius 3 is 2.25 bits per heavy atom. The quantitative estimate of drug-likeness (QED) is 0.337. The van der Waals surface area contributed by atoms with Crippen molar-refractivity contribution in [1.82, 2.24) is 0 Å². The smallest absolute Gasteiger partial charge is 0.348 e. The van der Waals surface area contributed by atoms with Gasteiger partial charge in [-0.05, 0) is 34.1 Å². The van der Waals surface area contributed by atoms with Crippen LogP contribution in [0.25, 0.3) is 6.08 Å². The maximum atomic E-state index is 11.9. The van der Waals surface area contributed by atoms with Crippen LogP contribution < -0.4 is 5.73 Å². The molecule has 1 aliphatic rings. The van der Waals surface area contributed by atoms with Crippen molar-refractivity contribution < 1.29 is 19.1 Å². The molecule has 106 valence electrons. The minimum absolute atomic E-state index is 0.193. The Kier molecular flexibility index (Phi) is 3.93. The summed E-state index contributed by atoms with van der Waals surface area (Å²) in [5, 5.41) is 0. The van der Waals surface area contributed by atoms with Gasteiger partial charge in [0, 0.05) is 28.4 Å². The molecular weight excluding hydrogens is 394 g/mol. The first kappa shape index (κ1) is 15.1. The monoisotopic (exact) mass is 403 g/mol. The molecule has 1 aliphatic heterocycles. The summed E-state index contributed by atoms with van der Waals surface area (Å²) < 4.78 is 11.4. The zero-order valence-corrected chi connectivity index (χ0v) is 13.9. The first-order valence-corrected chi connectivity index (χ1v) is 7.21. The van der Waals surface area contributed by atoms with Gasteiger partial charge < -0.3 is 15.2 Å². The summed E-state index contributed by atoms with van der Waals surface area (Å²) >= 11 is 6.61. The number of halogens is 2. The van der Waals surface area contributed by atoms with Gasteiger partial charge in [0.15, 0.2) is 0 Å². The van der Waals surface area contributed by atoms with Crippen molar-refractivity contribution in [1.29, 1.82) is 0 Å². The summed E-state index contributed by atoms with van der Waals surface area (Å²) in [6, 6.07) is 3.45. The van der Waals surface area contributed by atoms with Gasteiger partial charge in [0.1, 0.15) is 5.57 Å². The van der Waals surface area contributed by atoms with Gasteiger partial charge in [0.25, 0.3) is 5.79 Å². The minimum atomic E-state index is -1.26. The number of carbonyl (C=O) groups is 2. The lowest BCUT2D eigenvalue weighted by Gasteiger charge is -2.29. The highest BCUT2D eigenvalue weighted by molar-refractivity contribution is 9.11. The Hall–Kier alpha value is -1.34. The zero-order valence-electron chi connectivity index (χ0n) is 10.7. The summed E-state index contributed by atoms with van der Waals surface area (Å²) in [5.74, 6) is -2.72. The summed E-state index contributed by atoms with van der Waals surface area (Å²) in [6.45, 7) is 2.98. The van der Waals surface area contributed by atoms with E-state index in [2.05, 4.69) is 31.9 Å². The van der Waals surface area contributed by atoms with Crippen molar-refractivity contribution >= 4 is 55.6 Å². The van der Waals surface area contributed by atoms with Crippen LogP contribution in [0.1, 0.15) is 19.4 Å². The molecule has 1 saturated heterocycles. The molecule has 0 unspecified atom stereocenters. The lowest BCUT2D eigenvalue weighted by Crippen LogP contribution is -2.41. The molecule has 5 nitrogen and oxygen atoms in total. The number of esters is 2. The second-order valence-electron chi connectivity index (χ2n) is 4.63. The maximum Gasteiger partial charge on any atom is 0.348 e. The summed E-state index contributed by atoms with van der Waals surface area (Å²) in [5.41, 5.74) is 6.62. The fourth-order valence-electron chi connectivity index (χ4n) is 1.66. The molecule has 0 radical (unpaired) electrons. The van der Waals surface area contributed by atoms with Crippen molar-refractivity contribution in [2.75, 3.05) is 5.73 Å². The van der Waals surface area contributed by atoms with Gasteiger partial charge >= 0.3 is 11.9 Å². The Morgan fingerprint density at radius 1 is 1.15 bits per heavy atom. The highest BCUT2D eigenvalue weighted by atomic mass is 79.9. The molecule has 0 atom stereocenters. The van der Waals surface area contributed by atoms with E-state index in [4.69, 9.17) is 15.2 Å². The lowest BCUT2D eigenvalue weighted by molar-refractivity contribution is -0.222. The maximum absolute atomic E-state index is 11.9. The van der Waals surface area contributed by atoms with E-state index in [0.717, 1.165) is 4.47 Å². The molecule has 7 heteroatoms. The van der Waals surface area contributed by atoms with Crippen molar-refractivity contribution in [3.63, 3.8) is 0 Å².